The van der Waals surface area contributed by atoms with Gasteiger partial charge in [0.25, 0.3) is 5.91 Å². The van der Waals surface area contributed by atoms with E-state index in [0.717, 1.165) is 5.69 Å². The maximum atomic E-state index is 12.7. The first-order chi connectivity index (χ1) is 11.6. The van der Waals surface area contributed by atoms with E-state index in [4.69, 9.17) is 4.74 Å². The van der Waals surface area contributed by atoms with Crippen molar-refractivity contribution in [3.8, 4) is 11.6 Å². The molecule has 0 saturated heterocycles. The molecular formula is C17H19N5O2. The van der Waals surface area contributed by atoms with Crippen molar-refractivity contribution in [2.45, 2.75) is 19.9 Å². The number of benzene rings is 1. The molecule has 1 aromatic carbocycles. The Bertz CT molecular complexity index is 836. The molecule has 0 atom stereocenters. The van der Waals surface area contributed by atoms with E-state index < -0.39 is 0 Å². The van der Waals surface area contributed by atoms with Crippen molar-refractivity contribution in [1.82, 2.24) is 19.6 Å². The summed E-state index contributed by atoms with van der Waals surface area (Å²) in [6.45, 7) is 4.00. The zero-order valence-corrected chi connectivity index (χ0v) is 13.8. The van der Waals surface area contributed by atoms with Crippen LogP contribution >= 0.6 is 0 Å². The maximum Gasteiger partial charge on any atom is 0.275 e. The Morgan fingerprint density at radius 2 is 1.96 bits per heavy atom. The second-order valence-corrected chi connectivity index (χ2v) is 5.53. The van der Waals surface area contributed by atoms with E-state index in [2.05, 4.69) is 15.5 Å². The molecule has 124 valence electrons. The lowest BCUT2D eigenvalue weighted by atomic mass is 10.3. The lowest BCUT2D eigenvalue weighted by molar-refractivity contribution is 0.101. The Labute approximate surface area is 139 Å². The number of ether oxygens (including phenoxy) is 1. The molecule has 1 amide bonds. The van der Waals surface area contributed by atoms with Crippen LogP contribution in [0.15, 0.2) is 48.7 Å². The van der Waals surface area contributed by atoms with Crippen LogP contribution in [-0.4, -0.2) is 32.6 Å². The number of carbonyl (C=O) groups excluding carboxylic acids is 1. The fraction of sp³-hybridized carbons (Fsp3) is 0.235. The number of aromatic nitrogens is 4. The predicted octanol–water partition coefficient (Wildman–Crippen LogP) is 2.91. The number of rotatable bonds is 5. The smallest absolute Gasteiger partial charge is 0.275 e. The fourth-order valence-electron chi connectivity index (χ4n) is 2.39. The Morgan fingerprint density at radius 1 is 1.21 bits per heavy atom. The van der Waals surface area contributed by atoms with Gasteiger partial charge in [0.1, 0.15) is 11.5 Å². The number of carbonyl (C=O) groups is 1. The van der Waals surface area contributed by atoms with E-state index in [1.54, 1.807) is 27.7 Å². The van der Waals surface area contributed by atoms with Crippen molar-refractivity contribution >= 4 is 11.7 Å². The molecule has 0 aliphatic rings. The van der Waals surface area contributed by atoms with Gasteiger partial charge in [-0.15, -0.1) is 5.10 Å². The Balaban J connectivity index is 1.95. The van der Waals surface area contributed by atoms with E-state index in [1.165, 1.54) is 7.11 Å². The Kier molecular flexibility index (Phi) is 4.33. The summed E-state index contributed by atoms with van der Waals surface area (Å²) in [5.74, 6) is 0.730. The minimum atomic E-state index is -0.281. The van der Waals surface area contributed by atoms with Crippen LogP contribution in [0.1, 0.15) is 30.4 Å². The second-order valence-electron chi connectivity index (χ2n) is 5.53. The van der Waals surface area contributed by atoms with Gasteiger partial charge in [-0.1, -0.05) is 18.2 Å². The first kappa shape index (κ1) is 15.8. The summed E-state index contributed by atoms with van der Waals surface area (Å²) in [5, 5.41) is 11.4. The molecule has 0 fully saturated rings. The topological polar surface area (TPSA) is 74.0 Å². The van der Waals surface area contributed by atoms with Gasteiger partial charge >= 0.3 is 0 Å². The van der Waals surface area contributed by atoms with Crippen molar-refractivity contribution < 1.29 is 9.53 Å². The second kappa shape index (κ2) is 6.57. The highest BCUT2D eigenvalue weighted by molar-refractivity contribution is 6.03. The van der Waals surface area contributed by atoms with Crippen molar-refractivity contribution in [3.63, 3.8) is 0 Å². The minimum Gasteiger partial charge on any atom is -0.480 e. The predicted molar refractivity (Wildman–Crippen MR) is 90.7 cm³/mol. The van der Waals surface area contributed by atoms with Gasteiger partial charge in [0.05, 0.1) is 19.0 Å². The summed E-state index contributed by atoms with van der Waals surface area (Å²) in [4.78, 5) is 12.7. The summed E-state index contributed by atoms with van der Waals surface area (Å²) in [6.07, 6.45) is 1.66. The number of hydrogen-bond donors (Lipinski definition) is 1. The number of nitrogens with one attached hydrogen (secondary N) is 1. The first-order valence-corrected chi connectivity index (χ1v) is 7.64. The summed E-state index contributed by atoms with van der Waals surface area (Å²) < 4.78 is 8.48. The molecule has 0 radical (unpaired) electrons. The molecule has 2 heterocycles. The minimum absolute atomic E-state index is 0.142. The van der Waals surface area contributed by atoms with Gasteiger partial charge in [-0.3, -0.25) is 4.79 Å². The van der Waals surface area contributed by atoms with Crippen LogP contribution in [0, 0.1) is 0 Å². The molecule has 1 N–H and O–H groups in total. The largest absolute Gasteiger partial charge is 0.480 e. The van der Waals surface area contributed by atoms with Gasteiger partial charge in [0, 0.05) is 18.2 Å². The SMILES string of the molecule is COc1cc(C(=O)Nc2ccnn2C(C)C)n(-c2ccccc2)n1. The zero-order chi connectivity index (χ0) is 17.1. The lowest BCUT2D eigenvalue weighted by Crippen LogP contribution is -2.19. The fourth-order valence-corrected chi connectivity index (χ4v) is 2.39. The molecule has 0 aliphatic heterocycles. The van der Waals surface area contributed by atoms with Gasteiger partial charge in [-0.25, -0.2) is 9.36 Å². The van der Waals surface area contributed by atoms with Crippen LogP contribution in [0.3, 0.4) is 0 Å². The van der Waals surface area contributed by atoms with Crippen molar-refractivity contribution in [1.29, 1.82) is 0 Å². The normalized spacial score (nSPS) is 10.8. The van der Waals surface area contributed by atoms with Crippen LogP contribution in [0.2, 0.25) is 0 Å². The summed E-state index contributed by atoms with van der Waals surface area (Å²) in [7, 11) is 1.52. The number of nitrogens with zero attached hydrogens (tertiary/aromatic N) is 4. The number of amides is 1. The first-order valence-electron chi connectivity index (χ1n) is 7.64. The van der Waals surface area contributed by atoms with Crippen LogP contribution in [0.5, 0.6) is 5.88 Å². The van der Waals surface area contributed by atoms with E-state index in [-0.39, 0.29) is 11.9 Å². The van der Waals surface area contributed by atoms with Crippen LogP contribution in [0.4, 0.5) is 5.82 Å². The molecule has 0 unspecified atom stereocenters. The number of para-hydroxylation sites is 1. The van der Waals surface area contributed by atoms with Crippen LogP contribution in [-0.2, 0) is 0 Å². The molecule has 7 nitrogen and oxygen atoms in total. The van der Waals surface area contributed by atoms with E-state index in [0.29, 0.717) is 17.4 Å². The van der Waals surface area contributed by atoms with E-state index in [9.17, 15) is 4.79 Å². The highest BCUT2D eigenvalue weighted by Crippen LogP contribution is 2.19. The molecule has 24 heavy (non-hydrogen) atoms. The third kappa shape index (κ3) is 3.01. The van der Waals surface area contributed by atoms with Gasteiger partial charge in [0.2, 0.25) is 5.88 Å². The van der Waals surface area contributed by atoms with Gasteiger partial charge in [-0.2, -0.15) is 5.10 Å². The van der Waals surface area contributed by atoms with Crippen molar-refractivity contribution in [3.05, 3.63) is 54.4 Å². The third-order valence-electron chi connectivity index (χ3n) is 3.53. The lowest BCUT2D eigenvalue weighted by Gasteiger charge is -2.12. The summed E-state index contributed by atoms with van der Waals surface area (Å²) in [5.41, 5.74) is 1.16. The van der Waals surface area contributed by atoms with Crippen LogP contribution in [0.25, 0.3) is 5.69 Å². The molecule has 0 saturated carbocycles. The molecule has 0 spiro atoms. The van der Waals surface area contributed by atoms with Crippen molar-refractivity contribution in [2.24, 2.45) is 0 Å². The standard InChI is InChI=1S/C17H19N5O2/c1-12(2)21-15(9-10-18-21)19-17(23)14-11-16(24-3)20-22(14)13-7-5-4-6-8-13/h4-12H,1-3H3,(H,19,23). The van der Waals surface area contributed by atoms with Gasteiger partial charge in [-0.05, 0) is 26.0 Å². The van der Waals surface area contributed by atoms with Gasteiger partial charge < -0.3 is 10.1 Å². The Hall–Kier alpha value is -3.09. The van der Waals surface area contributed by atoms with Crippen molar-refractivity contribution in [2.75, 3.05) is 12.4 Å². The molecule has 0 bridgehead atoms. The molecule has 3 aromatic rings. The number of methoxy groups -OCH3 is 1. The highest BCUT2D eigenvalue weighted by atomic mass is 16.5. The monoisotopic (exact) mass is 325 g/mol. The Morgan fingerprint density at radius 3 is 2.62 bits per heavy atom. The maximum absolute atomic E-state index is 12.7. The number of hydrogen-bond acceptors (Lipinski definition) is 4. The van der Waals surface area contributed by atoms with E-state index >= 15 is 0 Å². The molecule has 0 aliphatic carbocycles. The average molecular weight is 325 g/mol. The van der Waals surface area contributed by atoms with Crippen LogP contribution < -0.4 is 10.1 Å². The van der Waals surface area contributed by atoms with E-state index in [1.807, 2.05) is 44.2 Å². The number of anilines is 1. The average Bonchev–Trinajstić information content (AvgIpc) is 3.22. The quantitative estimate of drug-likeness (QED) is 0.783. The molecule has 3 rings (SSSR count). The zero-order valence-electron chi connectivity index (χ0n) is 13.8. The molecule has 2 aromatic heterocycles. The third-order valence-corrected chi connectivity index (χ3v) is 3.53. The molecular weight excluding hydrogens is 306 g/mol. The molecule has 7 heteroatoms. The summed E-state index contributed by atoms with van der Waals surface area (Å²) in [6, 6.07) is 13.0. The highest BCUT2D eigenvalue weighted by Gasteiger charge is 2.19. The summed E-state index contributed by atoms with van der Waals surface area (Å²) >= 11 is 0. The van der Waals surface area contributed by atoms with Gasteiger partial charge in [0.15, 0.2) is 0 Å².